The highest BCUT2D eigenvalue weighted by molar-refractivity contribution is 5.97. The zero-order valence-corrected chi connectivity index (χ0v) is 19.0. The van der Waals surface area contributed by atoms with Crippen molar-refractivity contribution in [3.63, 3.8) is 0 Å². The second-order valence-electron chi connectivity index (χ2n) is 8.08. The summed E-state index contributed by atoms with van der Waals surface area (Å²) in [6, 6.07) is 8.17. The SMILES string of the molecule is COc1cc(/C=C/C2=NOC(C)(C3=CCC(C#N)C=C3)N2CCO)ccc1-n1cnc(C)c1. The van der Waals surface area contributed by atoms with Gasteiger partial charge in [-0.1, -0.05) is 35.5 Å². The van der Waals surface area contributed by atoms with E-state index < -0.39 is 5.72 Å². The number of benzene rings is 1. The number of aryl methyl sites for hydroxylation is 1. The van der Waals surface area contributed by atoms with Gasteiger partial charge in [0, 0.05) is 25.2 Å². The van der Waals surface area contributed by atoms with Crippen molar-refractivity contribution in [2.45, 2.75) is 26.0 Å². The highest BCUT2D eigenvalue weighted by Gasteiger charge is 2.43. The lowest BCUT2D eigenvalue weighted by Crippen LogP contribution is -2.48. The van der Waals surface area contributed by atoms with Crippen molar-refractivity contribution in [2.75, 3.05) is 20.3 Å². The maximum Gasteiger partial charge on any atom is 0.234 e. The van der Waals surface area contributed by atoms with Crippen LogP contribution in [0, 0.1) is 24.2 Å². The second kappa shape index (κ2) is 9.35. The molecule has 4 rings (SSSR count). The number of hydrogen-bond acceptors (Lipinski definition) is 7. The minimum atomic E-state index is -0.847. The Kier molecular flexibility index (Phi) is 6.33. The van der Waals surface area contributed by atoms with Gasteiger partial charge in [-0.05, 0) is 37.1 Å². The number of aromatic nitrogens is 2. The Labute approximate surface area is 193 Å². The highest BCUT2D eigenvalue weighted by Crippen LogP contribution is 2.35. The van der Waals surface area contributed by atoms with Crippen molar-refractivity contribution in [1.29, 1.82) is 5.26 Å². The van der Waals surface area contributed by atoms with E-state index in [4.69, 9.17) is 14.8 Å². The second-order valence-corrected chi connectivity index (χ2v) is 8.08. The van der Waals surface area contributed by atoms with E-state index in [0.717, 1.165) is 28.3 Å². The minimum absolute atomic E-state index is 0.0452. The van der Waals surface area contributed by atoms with Crippen LogP contribution in [0.25, 0.3) is 11.8 Å². The molecule has 1 aromatic carbocycles. The third kappa shape index (κ3) is 4.41. The maximum atomic E-state index is 9.67. The van der Waals surface area contributed by atoms with E-state index in [1.807, 2.05) is 78.1 Å². The molecule has 0 amide bonds. The summed E-state index contributed by atoms with van der Waals surface area (Å²) in [5, 5.41) is 23.1. The Morgan fingerprint density at radius 1 is 1.39 bits per heavy atom. The van der Waals surface area contributed by atoms with Crippen molar-refractivity contribution in [3.05, 3.63) is 71.9 Å². The summed E-state index contributed by atoms with van der Waals surface area (Å²) in [7, 11) is 1.64. The fourth-order valence-electron chi connectivity index (χ4n) is 4.00. The normalized spacial score (nSPS) is 22.2. The Morgan fingerprint density at radius 3 is 2.88 bits per heavy atom. The van der Waals surface area contributed by atoms with Crippen LogP contribution in [0.1, 0.15) is 24.6 Å². The molecule has 1 aromatic heterocycles. The standard InChI is InChI=1S/C25H27N5O3/c1-18-16-29(17-27-18)22-10-6-19(14-23(22)32-3)7-11-24-28-33-25(2,30(24)12-13-31)21-8-4-20(15-26)5-9-21/h4,6-11,14,16-17,20,31H,5,12-13H2,1-3H3/b11-7+. The number of imidazole rings is 1. The van der Waals surface area contributed by atoms with Gasteiger partial charge in [-0.3, -0.25) is 0 Å². The van der Waals surface area contributed by atoms with E-state index in [9.17, 15) is 5.11 Å². The summed E-state index contributed by atoms with van der Waals surface area (Å²) >= 11 is 0. The number of rotatable bonds is 7. The number of nitriles is 1. The van der Waals surface area contributed by atoms with Crippen LogP contribution in [0.5, 0.6) is 5.75 Å². The molecule has 2 aromatic rings. The van der Waals surface area contributed by atoms with Gasteiger partial charge in [0.1, 0.15) is 5.75 Å². The van der Waals surface area contributed by atoms with Gasteiger partial charge in [-0.2, -0.15) is 5.26 Å². The third-order valence-corrected chi connectivity index (χ3v) is 5.85. The fourth-order valence-corrected chi connectivity index (χ4v) is 4.00. The molecule has 0 fully saturated rings. The molecule has 0 spiro atoms. The molecule has 2 heterocycles. The van der Waals surface area contributed by atoms with E-state index in [1.54, 1.807) is 13.4 Å². The average molecular weight is 446 g/mol. The molecular formula is C25H27N5O3. The molecule has 170 valence electrons. The minimum Gasteiger partial charge on any atom is -0.495 e. The number of methoxy groups -OCH3 is 1. The van der Waals surface area contributed by atoms with E-state index in [1.165, 1.54) is 0 Å². The lowest BCUT2D eigenvalue weighted by molar-refractivity contribution is -0.0545. The number of nitrogens with zero attached hydrogens (tertiary/aromatic N) is 5. The van der Waals surface area contributed by atoms with Gasteiger partial charge in [0.05, 0.1) is 43.4 Å². The zero-order chi connectivity index (χ0) is 23.4. The van der Waals surface area contributed by atoms with Crippen LogP contribution in [0.2, 0.25) is 0 Å². The van der Waals surface area contributed by atoms with Crippen LogP contribution in [-0.2, 0) is 4.84 Å². The summed E-state index contributed by atoms with van der Waals surface area (Å²) in [4.78, 5) is 12.1. The molecule has 8 heteroatoms. The van der Waals surface area contributed by atoms with Gasteiger partial charge in [-0.15, -0.1) is 0 Å². The Balaban J connectivity index is 1.56. The number of β-amino-alcohol motifs (C(OH)–C–C–N with tert-alkyl or cyclic N) is 1. The Bertz CT molecular complexity index is 1190. The number of ether oxygens (including phenoxy) is 1. The molecule has 0 saturated heterocycles. The lowest BCUT2D eigenvalue weighted by Gasteiger charge is -2.35. The van der Waals surface area contributed by atoms with E-state index in [2.05, 4.69) is 16.2 Å². The fraction of sp³-hybridized carbons (Fsp3) is 0.320. The topological polar surface area (TPSA) is 95.9 Å². The Hall–Kier alpha value is -3.83. The predicted molar refractivity (Wildman–Crippen MR) is 126 cm³/mol. The number of amidine groups is 1. The average Bonchev–Trinajstić information content (AvgIpc) is 3.41. The molecule has 1 aliphatic heterocycles. The van der Waals surface area contributed by atoms with Crippen molar-refractivity contribution in [1.82, 2.24) is 14.5 Å². The van der Waals surface area contributed by atoms with Crippen LogP contribution in [0.4, 0.5) is 0 Å². The van der Waals surface area contributed by atoms with Crippen LogP contribution in [0.15, 0.2) is 65.8 Å². The summed E-state index contributed by atoms with van der Waals surface area (Å²) < 4.78 is 7.52. The van der Waals surface area contributed by atoms with Crippen LogP contribution in [0.3, 0.4) is 0 Å². The number of oxime groups is 1. The quantitative estimate of drug-likeness (QED) is 0.700. The van der Waals surface area contributed by atoms with Crippen molar-refractivity contribution in [2.24, 2.45) is 11.1 Å². The lowest BCUT2D eigenvalue weighted by atomic mass is 9.92. The molecule has 1 N–H and O–H groups in total. The molecule has 0 saturated carbocycles. The predicted octanol–water partition coefficient (Wildman–Crippen LogP) is 3.58. The largest absolute Gasteiger partial charge is 0.495 e. The third-order valence-electron chi connectivity index (χ3n) is 5.85. The van der Waals surface area contributed by atoms with Crippen molar-refractivity contribution >= 4 is 11.9 Å². The van der Waals surface area contributed by atoms with Crippen LogP contribution in [-0.4, -0.2) is 51.4 Å². The summed E-state index contributed by atoms with van der Waals surface area (Å²) in [6.45, 7) is 4.17. The van der Waals surface area contributed by atoms with Gasteiger partial charge in [0.2, 0.25) is 5.72 Å². The monoisotopic (exact) mass is 445 g/mol. The van der Waals surface area contributed by atoms with Crippen molar-refractivity contribution < 1.29 is 14.7 Å². The molecular weight excluding hydrogens is 418 g/mol. The smallest absolute Gasteiger partial charge is 0.234 e. The number of aliphatic hydroxyl groups is 1. The highest BCUT2D eigenvalue weighted by atomic mass is 16.7. The molecule has 2 atom stereocenters. The van der Waals surface area contributed by atoms with Gasteiger partial charge in [0.15, 0.2) is 5.84 Å². The molecule has 33 heavy (non-hydrogen) atoms. The molecule has 8 nitrogen and oxygen atoms in total. The van der Waals surface area contributed by atoms with E-state index in [-0.39, 0.29) is 12.5 Å². The van der Waals surface area contributed by atoms with E-state index >= 15 is 0 Å². The van der Waals surface area contributed by atoms with Crippen molar-refractivity contribution in [3.8, 4) is 17.5 Å². The Morgan fingerprint density at radius 2 is 2.24 bits per heavy atom. The van der Waals surface area contributed by atoms with E-state index in [0.29, 0.717) is 18.8 Å². The summed E-state index contributed by atoms with van der Waals surface area (Å²) in [5.41, 5.74) is 2.83. The maximum absolute atomic E-state index is 9.67. The number of hydrogen-bond donors (Lipinski definition) is 1. The van der Waals surface area contributed by atoms with Gasteiger partial charge in [0.25, 0.3) is 0 Å². The molecule has 2 unspecified atom stereocenters. The molecule has 2 aliphatic rings. The van der Waals surface area contributed by atoms with Crippen LogP contribution >= 0.6 is 0 Å². The molecule has 1 aliphatic carbocycles. The first-order chi connectivity index (χ1) is 16.0. The van der Waals surface area contributed by atoms with Gasteiger partial charge >= 0.3 is 0 Å². The summed E-state index contributed by atoms with van der Waals surface area (Å²) in [5.74, 6) is 1.20. The zero-order valence-electron chi connectivity index (χ0n) is 19.0. The number of aliphatic hydroxyl groups excluding tert-OH is 1. The van der Waals surface area contributed by atoms with Gasteiger partial charge in [-0.25, -0.2) is 4.98 Å². The first-order valence-corrected chi connectivity index (χ1v) is 10.8. The van der Waals surface area contributed by atoms with Gasteiger partial charge < -0.3 is 24.1 Å². The number of allylic oxidation sites excluding steroid dienone is 2. The molecule has 0 radical (unpaired) electrons. The first kappa shape index (κ1) is 22.4. The van der Waals surface area contributed by atoms with Crippen LogP contribution < -0.4 is 4.74 Å². The molecule has 0 bridgehead atoms. The summed E-state index contributed by atoms with van der Waals surface area (Å²) in [6.07, 6.45) is 13.9. The first-order valence-electron chi connectivity index (χ1n) is 10.8.